The molecule has 2 atom stereocenters. The molecule has 0 aromatic heterocycles. The molecular formula is C10H11FN2O. The van der Waals surface area contributed by atoms with E-state index >= 15 is 0 Å². The predicted molar refractivity (Wildman–Crippen MR) is 49.7 cm³/mol. The summed E-state index contributed by atoms with van der Waals surface area (Å²) in [7, 11) is 0. The Balaban J connectivity index is 3.10. The number of benzene rings is 1. The number of aliphatic hydroxyl groups excluding tert-OH is 1. The van der Waals surface area contributed by atoms with Gasteiger partial charge in [0.05, 0.1) is 23.8 Å². The SMILES string of the molecule is CC(O)C(N)c1cc(F)cc(C#N)c1. The van der Waals surface area contributed by atoms with Gasteiger partial charge >= 0.3 is 0 Å². The second kappa shape index (κ2) is 4.18. The van der Waals surface area contributed by atoms with Gasteiger partial charge in [0.15, 0.2) is 0 Å². The van der Waals surface area contributed by atoms with Gasteiger partial charge in [-0.3, -0.25) is 0 Å². The van der Waals surface area contributed by atoms with E-state index in [-0.39, 0.29) is 5.56 Å². The third kappa shape index (κ3) is 2.28. The van der Waals surface area contributed by atoms with E-state index in [1.165, 1.54) is 19.1 Å². The van der Waals surface area contributed by atoms with E-state index in [1.54, 1.807) is 0 Å². The Hall–Kier alpha value is -1.44. The molecule has 4 heteroatoms. The third-order valence-electron chi connectivity index (χ3n) is 1.95. The molecule has 0 aliphatic rings. The minimum atomic E-state index is -0.775. The topological polar surface area (TPSA) is 70.0 Å². The number of nitrogens with zero attached hydrogens (tertiary/aromatic N) is 1. The van der Waals surface area contributed by atoms with Crippen LogP contribution in [0, 0.1) is 17.1 Å². The van der Waals surface area contributed by atoms with Gasteiger partial charge in [0, 0.05) is 0 Å². The Morgan fingerprint density at radius 1 is 1.50 bits per heavy atom. The first-order chi connectivity index (χ1) is 6.54. The van der Waals surface area contributed by atoms with Crippen molar-refractivity contribution in [3.63, 3.8) is 0 Å². The van der Waals surface area contributed by atoms with Crippen LogP contribution in [-0.2, 0) is 0 Å². The van der Waals surface area contributed by atoms with Crippen LogP contribution in [-0.4, -0.2) is 11.2 Å². The standard InChI is InChI=1S/C10H11FN2O/c1-6(14)10(13)8-2-7(5-12)3-9(11)4-8/h2-4,6,10,14H,13H2,1H3. The van der Waals surface area contributed by atoms with E-state index in [4.69, 9.17) is 11.0 Å². The maximum atomic E-state index is 13.0. The van der Waals surface area contributed by atoms with Gasteiger partial charge in [0.25, 0.3) is 0 Å². The summed E-state index contributed by atoms with van der Waals surface area (Å²) in [6.07, 6.45) is -0.775. The lowest BCUT2D eigenvalue weighted by molar-refractivity contribution is 0.164. The minimum absolute atomic E-state index is 0.205. The fourth-order valence-corrected chi connectivity index (χ4v) is 1.15. The molecule has 14 heavy (non-hydrogen) atoms. The Morgan fingerprint density at radius 2 is 2.14 bits per heavy atom. The molecule has 0 spiro atoms. The molecule has 3 nitrogen and oxygen atoms in total. The van der Waals surface area contributed by atoms with Crippen molar-refractivity contribution in [3.8, 4) is 6.07 Å². The molecule has 0 aliphatic heterocycles. The van der Waals surface area contributed by atoms with Gasteiger partial charge < -0.3 is 10.8 Å². The lowest BCUT2D eigenvalue weighted by Gasteiger charge is -2.15. The molecule has 0 saturated carbocycles. The molecule has 0 saturated heterocycles. The van der Waals surface area contributed by atoms with Crippen molar-refractivity contribution >= 4 is 0 Å². The number of nitrogens with two attached hydrogens (primary N) is 1. The van der Waals surface area contributed by atoms with E-state index in [0.29, 0.717) is 5.56 Å². The highest BCUT2D eigenvalue weighted by Crippen LogP contribution is 2.17. The number of aliphatic hydroxyl groups is 1. The highest BCUT2D eigenvalue weighted by molar-refractivity contribution is 5.35. The molecule has 1 aromatic rings. The van der Waals surface area contributed by atoms with E-state index in [1.807, 2.05) is 6.07 Å². The molecule has 3 N–H and O–H groups in total. The van der Waals surface area contributed by atoms with E-state index in [0.717, 1.165) is 6.07 Å². The van der Waals surface area contributed by atoms with Crippen LogP contribution in [0.3, 0.4) is 0 Å². The minimum Gasteiger partial charge on any atom is -0.391 e. The largest absolute Gasteiger partial charge is 0.391 e. The van der Waals surface area contributed by atoms with Crippen molar-refractivity contribution in [1.29, 1.82) is 5.26 Å². The van der Waals surface area contributed by atoms with Crippen molar-refractivity contribution in [2.45, 2.75) is 19.1 Å². The van der Waals surface area contributed by atoms with Gasteiger partial charge in [0.2, 0.25) is 0 Å². The van der Waals surface area contributed by atoms with Gasteiger partial charge in [-0.05, 0) is 30.7 Å². The maximum absolute atomic E-state index is 13.0. The molecule has 0 bridgehead atoms. The van der Waals surface area contributed by atoms with Crippen LogP contribution in [0.15, 0.2) is 18.2 Å². The van der Waals surface area contributed by atoms with Crippen LogP contribution >= 0.6 is 0 Å². The highest BCUT2D eigenvalue weighted by Gasteiger charge is 2.13. The summed E-state index contributed by atoms with van der Waals surface area (Å²) >= 11 is 0. The molecule has 0 heterocycles. The van der Waals surface area contributed by atoms with Crippen LogP contribution in [0.2, 0.25) is 0 Å². The van der Waals surface area contributed by atoms with Gasteiger partial charge in [-0.15, -0.1) is 0 Å². The van der Waals surface area contributed by atoms with Crippen LogP contribution < -0.4 is 5.73 Å². The first-order valence-electron chi connectivity index (χ1n) is 4.19. The van der Waals surface area contributed by atoms with Crippen molar-refractivity contribution in [2.75, 3.05) is 0 Å². The summed E-state index contributed by atoms with van der Waals surface area (Å²) in [4.78, 5) is 0. The van der Waals surface area contributed by atoms with Gasteiger partial charge in [-0.1, -0.05) is 0 Å². The van der Waals surface area contributed by atoms with Gasteiger partial charge in [-0.2, -0.15) is 5.26 Å². The Bertz CT molecular complexity index is 371. The average molecular weight is 194 g/mol. The lowest BCUT2D eigenvalue weighted by Crippen LogP contribution is -2.23. The second-order valence-electron chi connectivity index (χ2n) is 3.15. The summed E-state index contributed by atoms with van der Waals surface area (Å²) < 4.78 is 13.0. The Morgan fingerprint density at radius 3 is 2.64 bits per heavy atom. The molecule has 74 valence electrons. The number of halogens is 1. The quantitative estimate of drug-likeness (QED) is 0.740. The second-order valence-corrected chi connectivity index (χ2v) is 3.15. The van der Waals surface area contributed by atoms with Crippen LogP contribution in [0.1, 0.15) is 24.1 Å². The summed E-state index contributed by atoms with van der Waals surface area (Å²) in [5, 5.41) is 17.8. The molecule has 1 aromatic carbocycles. The van der Waals surface area contributed by atoms with Crippen LogP contribution in [0.25, 0.3) is 0 Å². The summed E-state index contributed by atoms with van der Waals surface area (Å²) in [5.41, 5.74) is 6.24. The molecule has 0 fully saturated rings. The first-order valence-corrected chi connectivity index (χ1v) is 4.19. The Labute approximate surface area is 81.6 Å². The predicted octanol–water partition coefficient (Wildman–Crippen LogP) is 1.08. The number of nitriles is 1. The molecular weight excluding hydrogens is 183 g/mol. The van der Waals surface area contributed by atoms with Crippen molar-refractivity contribution < 1.29 is 9.50 Å². The fourth-order valence-electron chi connectivity index (χ4n) is 1.15. The summed E-state index contributed by atoms with van der Waals surface area (Å²) in [6, 6.07) is 4.97. The average Bonchev–Trinajstić information content (AvgIpc) is 2.15. The van der Waals surface area contributed by atoms with E-state index in [2.05, 4.69) is 0 Å². The number of hydrogen-bond donors (Lipinski definition) is 2. The third-order valence-corrected chi connectivity index (χ3v) is 1.95. The Kier molecular flexibility index (Phi) is 3.18. The zero-order valence-electron chi connectivity index (χ0n) is 7.74. The van der Waals surface area contributed by atoms with Gasteiger partial charge in [-0.25, -0.2) is 4.39 Å². The molecule has 0 amide bonds. The lowest BCUT2D eigenvalue weighted by atomic mass is 10.0. The first kappa shape index (κ1) is 10.6. The summed E-state index contributed by atoms with van der Waals surface area (Å²) in [5.74, 6) is -0.518. The number of hydrogen-bond acceptors (Lipinski definition) is 3. The molecule has 0 radical (unpaired) electrons. The number of rotatable bonds is 2. The smallest absolute Gasteiger partial charge is 0.124 e. The fraction of sp³-hybridized carbons (Fsp3) is 0.300. The summed E-state index contributed by atoms with van der Waals surface area (Å²) in [6.45, 7) is 1.52. The monoisotopic (exact) mass is 194 g/mol. The highest BCUT2D eigenvalue weighted by atomic mass is 19.1. The molecule has 1 rings (SSSR count). The maximum Gasteiger partial charge on any atom is 0.124 e. The zero-order valence-corrected chi connectivity index (χ0v) is 7.74. The van der Waals surface area contributed by atoms with E-state index in [9.17, 15) is 9.50 Å². The molecule has 0 aliphatic carbocycles. The van der Waals surface area contributed by atoms with Crippen molar-refractivity contribution in [3.05, 3.63) is 35.1 Å². The van der Waals surface area contributed by atoms with Crippen LogP contribution in [0.4, 0.5) is 4.39 Å². The van der Waals surface area contributed by atoms with Crippen molar-refractivity contribution in [1.82, 2.24) is 0 Å². The van der Waals surface area contributed by atoms with Crippen molar-refractivity contribution in [2.24, 2.45) is 5.73 Å². The molecule has 2 unspecified atom stereocenters. The normalized spacial score (nSPS) is 14.5. The zero-order chi connectivity index (χ0) is 10.7. The van der Waals surface area contributed by atoms with Crippen LogP contribution in [0.5, 0.6) is 0 Å². The van der Waals surface area contributed by atoms with Gasteiger partial charge in [0.1, 0.15) is 5.82 Å². The van der Waals surface area contributed by atoms with E-state index < -0.39 is 18.0 Å².